The molecule has 0 aliphatic carbocycles. The summed E-state index contributed by atoms with van der Waals surface area (Å²) in [5, 5.41) is 9.03. The maximum atomic E-state index is 12.6. The molecule has 1 aromatic carbocycles. The minimum Gasteiger partial charge on any atom is -0.481 e. The normalized spacial score (nSPS) is 20.0. The Morgan fingerprint density at radius 2 is 2.10 bits per heavy atom. The zero-order valence-corrected chi connectivity index (χ0v) is 12.5. The van der Waals surface area contributed by atoms with Crippen LogP contribution in [0.2, 0.25) is 0 Å². The summed E-state index contributed by atoms with van der Waals surface area (Å²) in [5.41, 5.74) is 7.77. The fraction of sp³-hybridized carbons (Fsp3) is 0.500. The second-order valence-electron chi connectivity index (χ2n) is 5.71. The number of para-hydroxylation sites is 1. The Morgan fingerprint density at radius 1 is 1.43 bits per heavy atom. The number of carbonyl (C=O) groups excluding carboxylic acids is 1. The summed E-state index contributed by atoms with van der Waals surface area (Å²) < 4.78 is 0. The fourth-order valence-corrected chi connectivity index (χ4v) is 2.77. The molecule has 2 unspecified atom stereocenters. The second kappa shape index (κ2) is 6.26. The standard InChI is InChI=1S/C16H22N2O3/c1-3-10(2)15(17)16(21)18-9-11(8-14(19)20)12-6-4-5-7-13(12)18/h4-7,10-11,15H,3,8-9,17H2,1-2H3,(H,19,20)/t10?,11?,15-/m0/s1. The van der Waals surface area contributed by atoms with E-state index >= 15 is 0 Å². The number of nitrogens with two attached hydrogens (primary N) is 1. The molecule has 2 rings (SSSR count). The van der Waals surface area contributed by atoms with Crippen LogP contribution in [0.1, 0.15) is 38.2 Å². The summed E-state index contributed by atoms with van der Waals surface area (Å²) in [7, 11) is 0. The highest BCUT2D eigenvalue weighted by molar-refractivity contribution is 5.99. The van der Waals surface area contributed by atoms with Gasteiger partial charge in [0.15, 0.2) is 0 Å². The van der Waals surface area contributed by atoms with Gasteiger partial charge in [0.2, 0.25) is 5.91 Å². The SMILES string of the molecule is CCC(C)[C@H](N)C(=O)N1CC(CC(=O)O)c2ccccc21. The highest BCUT2D eigenvalue weighted by atomic mass is 16.4. The van der Waals surface area contributed by atoms with Crippen molar-refractivity contribution in [1.29, 1.82) is 0 Å². The Morgan fingerprint density at radius 3 is 2.71 bits per heavy atom. The molecule has 1 aliphatic heterocycles. The van der Waals surface area contributed by atoms with Crippen molar-refractivity contribution in [1.82, 2.24) is 0 Å². The molecule has 21 heavy (non-hydrogen) atoms. The minimum atomic E-state index is -0.852. The summed E-state index contributed by atoms with van der Waals surface area (Å²) in [4.78, 5) is 25.2. The number of amides is 1. The number of carbonyl (C=O) groups is 2. The first-order chi connectivity index (χ1) is 9.95. The summed E-state index contributed by atoms with van der Waals surface area (Å²) in [6.07, 6.45) is 0.861. The zero-order valence-electron chi connectivity index (χ0n) is 12.5. The van der Waals surface area contributed by atoms with Crippen LogP contribution in [0.3, 0.4) is 0 Å². The van der Waals surface area contributed by atoms with Crippen LogP contribution in [-0.2, 0) is 9.59 Å². The van der Waals surface area contributed by atoms with Crippen molar-refractivity contribution in [3.63, 3.8) is 0 Å². The molecule has 3 N–H and O–H groups in total. The third-order valence-corrected chi connectivity index (χ3v) is 4.30. The minimum absolute atomic E-state index is 0.0271. The van der Waals surface area contributed by atoms with Crippen LogP contribution in [0, 0.1) is 5.92 Å². The number of aliphatic carboxylic acids is 1. The van der Waals surface area contributed by atoms with Crippen molar-refractivity contribution in [2.75, 3.05) is 11.4 Å². The van der Waals surface area contributed by atoms with Crippen LogP contribution >= 0.6 is 0 Å². The molecule has 1 amide bonds. The molecule has 114 valence electrons. The number of carboxylic acid groups (broad SMARTS) is 1. The van der Waals surface area contributed by atoms with Crippen molar-refractivity contribution in [3.05, 3.63) is 29.8 Å². The number of nitrogens with zero attached hydrogens (tertiary/aromatic N) is 1. The molecule has 1 aromatic rings. The van der Waals surface area contributed by atoms with Crippen LogP contribution in [0.4, 0.5) is 5.69 Å². The molecule has 5 nitrogen and oxygen atoms in total. The van der Waals surface area contributed by atoms with E-state index in [0.717, 1.165) is 17.7 Å². The average molecular weight is 290 g/mol. The number of carboxylic acids is 1. The van der Waals surface area contributed by atoms with Gasteiger partial charge in [0.25, 0.3) is 0 Å². The van der Waals surface area contributed by atoms with Gasteiger partial charge in [0.05, 0.1) is 12.5 Å². The molecule has 5 heteroatoms. The smallest absolute Gasteiger partial charge is 0.304 e. The lowest BCUT2D eigenvalue weighted by atomic mass is 9.98. The highest BCUT2D eigenvalue weighted by Gasteiger charge is 2.36. The van der Waals surface area contributed by atoms with E-state index in [9.17, 15) is 9.59 Å². The van der Waals surface area contributed by atoms with Gasteiger partial charge in [-0.2, -0.15) is 0 Å². The lowest BCUT2D eigenvalue weighted by Crippen LogP contribution is -2.46. The Bertz CT molecular complexity index is 544. The van der Waals surface area contributed by atoms with Gasteiger partial charge in [0.1, 0.15) is 0 Å². The van der Waals surface area contributed by atoms with E-state index in [1.807, 2.05) is 38.1 Å². The van der Waals surface area contributed by atoms with Crippen LogP contribution in [-0.4, -0.2) is 29.6 Å². The van der Waals surface area contributed by atoms with Crippen molar-refractivity contribution in [2.45, 2.75) is 38.6 Å². The first-order valence-corrected chi connectivity index (χ1v) is 7.33. The predicted octanol–water partition coefficient (Wildman–Crippen LogP) is 1.96. The van der Waals surface area contributed by atoms with Crippen molar-refractivity contribution in [3.8, 4) is 0 Å². The summed E-state index contributed by atoms with van der Waals surface area (Å²) in [6, 6.07) is 6.93. The highest BCUT2D eigenvalue weighted by Crippen LogP contribution is 2.38. The van der Waals surface area contributed by atoms with Gasteiger partial charge in [-0.1, -0.05) is 38.5 Å². The maximum absolute atomic E-state index is 12.6. The molecule has 1 aliphatic rings. The fourth-order valence-electron chi connectivity index (χ4n) is 2.77. The molecular weight excluding hydrogens is 268 g/mol. The quantitative estimate of drug-likeness (QED) is 0.868. The topological polar surface area (TPSA) is 83.6 Å². The first-order valence-electron chi connectivity index (χ1n) is 7.33. The largest absolute Gasteiger partial charge is 0.481 e. The van der Waals surface area contributed by atoms with Crippen molar-refractivity contribution < 1.29 is 14.7 Å². The Labute approximate surface area is 124 Å². The van der Waals surface area contributed by atoms with Crippen LogP contribution < -0.4 is 10.6 Å². The molecule has 0 radical (unpaired) electrons. The molecular formula is C16H22N2O3. The zero-order chi connectivity index (χ0) is 15.6. The lowest BCUT2D eigenvalue weighted by molar-refractivity contribution is -0.137. The monoisotopic (exact) mass is 290 g/mol. The lowest BCUT2D eigenvalue weighted by Gasteiger charge is -2.25. The maximum Gasteiger partial charge on any atom is 0.304 e. The molecule has 1 heterocycles. The number of benzene rings is 1. The number of fused-ring (bicyclic) bond motifs is 1. The van der Waals surface area contributed by atoms with Gasteiger partial charge < -0.3 is 15.7 Å². The summed E-state index contributed by atoms with van der Waals surface area (Å²) in [6.45, 7) is 4.36. The summed E-state index contributed by atoms with van der Waals surface area (Å²) >= 11 is 0. The van der Waals surface area contributed by atoms with E-state index in [1.54, 1.807) is 4.90 Å². The molecule has 0 fully saturated rings. The van der Waals surface area contributed by atoms with E-state index in [1.165, 1.54) is 0 Å². The third-order valence-electron chi connectivity index (χ3n) is 4.30. The van der Waals surface area contributed by atoms with E-state index in [-0.39, 0.29) is 24.2 Å². The molecule has 0 bridgehead atoms. The Balaban J connectivity index is 2.26. The van der Waals surface area contributed by atoms with Gasteiger partial charge >= 0.3 is 5.97 Å². The van der Waals surface area contributed by atoms with Gasteiger partial charge in [0, 0.05) is 18.2 Å². The van der Waals surface area contributed by atoms with Gasteiger partial charge in [-0.3, -0.25) is 9.59 Å². The first kappa shape index (κ1) is 15.5. The number of rotatable bonds is 5. The molecule has 0 saturated carbocycles. The Kier molecular flexibility index (Phi) is 4.63. The van der Waals surface area contributed by atoms with E-state index < -0.39 is 12.0 Å². The van der Waals surface area contributed by atoms with Crippen LogP contribution in [0.25, 0.3) is 0 Å². The van der Waals surface area contributed by atoms with E-state index in [0.29, 0.717) is 6.54 Å². The molecule has 3 atom stereocenters. The van der Waals surface area contributed by atoms with Gasteiger partial charge in [-0.05, 0) is 17.5 Å². The van der Waals surface area contributed by atoms with Crippen LogP contribution in [0.15, 0.2) is 24.3 Å². The number of anilines is 1. The summed E-state index contributed by atoms with van der Waals surface area (Å²) in [5.74, 6) is -1.03. The number of hydrogen-bond acceptors (Lipinski definition) is 3. The molecule has 0 spiro atoms. The Hall–Kier alpha value is -1.88. The second-order valence-corrected chi connectivity index (χ2v) is 5.71. The van der Waals surface area contributed by atoms with Crippen molar-refractivity contribution in [2.24, 2.45) is 11.7 Å². The number of hydrogen-bond donors (Lipinski definition) is 2. The third kappa shape index (κ3) is 3.08. The van der Waals surface area contributed by atoms with Gasteiger partial charge in [-0.15, -0.1) is 0 Å². The molecule has 0 saturated heterocycles. The van der Waals surface area contributed by atoms with Gasteiger partial charge in [-0.25, -0.2) is 0 Å². The van der Waals surface area contributed by atoms with Crippen molar-refractivity contribution >= 4 is 17.6 Å². The average Bonchev–Trinajstić information content (AvgIpc) is 2.83. The van der Waals surface area contributed by atoms with E-state index in [2.05, 4.69) is 0 Å². The van der Waals surface area contributed by atoms with E-state index in [4.69, 9.17) is 10.8 Å². The predicted molar refractivity (Wildman–Crippen MR) is 81.2 cm³/mol. The molecule has 0 aromatic heterocycles. The van der Waals surface area contributed by atoms with Crippen LogP contribution in [0.5, 0.6) is 0 Å².